The second-order valence-electron chi connectivity index (χ2n) is 38.7. The second-order valence-corrected chi connectivity index (χ2v) is 38.7. The smallest absolute Gasteiger partial charge is 0.241 e. The molecule has 11 heterocycles. The summed E-state index contributed by atoms with van der Waals surface area (Å²) in [5.41, 5.74) is 22.2. The predicted molar refractivity (Wildman–Crippen MR) is 586 cm³/mol. The Morgan fingerprint density at radius 1 is 0.443 bits per heavy atom. The van der Waals surface area contributed by atoms with E-state index in [1.54, 1.807) is 104 Å². The van der Waals surface area contributed by atoms with Gasteiger partial charge in [-0.25, -0.2) is 29.3 Å². The maximum Gasteiger partial charge on any atom is 0.241 e. The fraction of sp³-hybridized carbons (Fsp3) is 0.377. The number of hydrogen-bond acceptors (Lipinski definition) is 30. The van der Waals surface area contributed by atoms with E-state index in [0.29, 0.717) is 35.2 Å². The molecule has 0 saturated carbocycles. The Morgan fingerprint density at radius 2 is 0.832 bits per heavy atom. The lowest BCUT2D eigenvalue weighted by atomic mass is 9.95. The molecule has 3 atom stereocenters. The minimum atomic E-state index is -0.120. The van der Waals surface area contributed by atoms with Gasteiger partial charge in [0.1, 0.15) is 65.0 Å². The number of methoxy groups -OCH3 is 8. The van der Waals surface area contributed by atoms with Crippen molar-refractivity contribution in [1.29, 1.82) is 0 Å². The van der Waals surface area contributed by atoms with Crippen LogP contribution in [-0.4, -0.2) is 238 Å². The molecule has 35 heteroatoms. The summed E-state index contributed by atoms with van der Waals surface area (Å²) in [6.07, 6.45) is 35.2. The molecule has 778 valence electrons. The molecule has 3 aliphatic rings. The Morgan fingerprint density at radius 3 is 1.21 bits per heavy atom. The third-order valence-corrected chi connectivity index (χ3v) is 26.1. The lowest BCUT2D eigenvalue weighted by molar-refractivity contribution is -0.121. The zero-order chi connectivity index (χ0) is 105. The molecule has 16 aromatic rings. The molecular formula is C114H136N24O11. The Hall–Kier alpha value is -15.6. The van der Waals surface area contributed by atoms with Crippen LogP contribution >= 0.6 is 0 Å². The number of hydrogen-bond donors (Lipinski definition) is 3. The number of aromatic nitrogens is 16. The van der Waals surface area contributed by atoms with Crippen molar-refractivity contribution in [3.05, 3.63) is 219 Å². The lowest BCUT2D eigenvalue weighted by Gasteiger charge is -2.32. The molecule has 35 nitrogen and oxygen atoms in total. The Balaban J connectivity index is 0.000000142. The van der Waals surface area contributed by atoms with E-state index in [2.05, 4.69) is 175 Å². The number of rotatable bonds is 36. The molecule has 2 unspecified atom stereocenters. The summed E-state index contributed by atoms with van der Waals surface area (Å²) < 4.78 is 63.4. The molecule has 19 rings (SSSR count). The van der Waals surface area contributed by atoms with Crippen LogP contribution in [0.3, 0.4) is 0 Å². The molecule has 8 aromatic heterocycles. The number of amides is 1. The third kappa shape index (κ3) is 27.3. The summed E-state index contributed by atoms with van der Waals surface area (Å²) in [6.45, 7) is 26.4. The van der Waals surface area contributed by atoms with Crippen LogP contribution in [0.25, 0.3) is 89.2 Å². The average molecular weight is 2020 g/mol. The molecule has 0 spiro atoms. The van der Waals surface area contributed by atoms with E-state index in [-0.39, 0.29) is 30.3 Å². The number of carbonyl (C=O) groups is 1. The van der Waals surface area contributed by atoms with Crippen LogP contribution in [-0.2, 0) is 27.9 Å². The van der Waals surface area contributed by atoms with Crippen molar-refractivity contribution in [2.45, 2.75) is 131 Å². The lowest BCUT2D eigenvalue weighted by Crippen LogP contribution is -2.33. The van der Waals surface area contributed by atoms with E-state index in [1.165, 1.54) is 0 Å². The van der Waals surface area contributed by atoms with Crippen LogP contribution in [0, 0.1) is 30.6 Å². The summed E-state index contributed by atoms with van der Waals surface area (Å²) in [4.78, 5) is 61.5. The highest BCUT2D eigenvalue weighted by molar-refractivity contribution is 5.88. The highest BCUT2D eigenvalue weighted by Gasteiger charge is 2.28. The molecule has 8 aromatic carbocycles. The number of anilines is 8. The van der Waals surface area contributed by atoms with Gasteiger partial charge in [-0.1, -0.05) is 48.5 Å². The second kappa shape index (κ2) is 49.7. The van der Waals surface area contributed by atoms with Crippen LogP contribution in [0.2, 0.25) is 0 Å². The van der Waals surface area contributed by atoms with E-state index in [4.69, 9.17) is 83.7 Å². The summed E-state index contributed by atoms with van der Waals surface area (Å²) in [6, 6.07) is 47.1. The molecule has 0 radical (unpaired) electrons. The number of terminal acetylenes is 1. The Bertz CT molecular complexity index is 7200. The fourth-order valence-electron chi connectivity index (χ4n) is 18.2. The maximum atomic E-state index is 11.7. The molecule has 149 heavy (non-hydrogen) atoms. The van der Waals surface area contributed by atoms with Gasteiger partial charge in [0, 0.05) is 257 Å². The van der Waals surface area contributed by atoms with E-state index < -0.39 is 0 Å². The summed E-state index contributed by atoms with van der Waals surface area (Å²) >= 11 is 0. The van der Waals surface area contributed by atoms with Crippen molar-refractivity contribution in [1.82, 2.24) is 99.8 Å². The van der Waals surface area contributed by atoms with Crippen molar-refractivity contribution in [3.8, 4) is 103 Å². The largest absolute Gasteiger partial charge is 0.497 e. The van der Waals surface area contributed by atoms with Gasteiger partial charge in [0.25, 0.3) is 0 Å². The van der Waals surface area contributed by atoms with Gasteiger partial charge in [-0.3, -0.25) is 34.1 Å². The van der Waals surface area contributed by atoms with Crippen LogP contribution in [0.1, 0.15) is 111 Å². The van der Waals surface area contributed by atoms with Crippen molar-refractivity contribution >= 4 is 95.5 Å². The first-order valence-electron chi connectivity index (χ1n) is 50.5. The monoisotopic (exact) mass is 2020 g/mol. The molecule has 1 amide bonds. The van der Waals surface area contributed by atoms with Crippen molar-refractivity contribution in [2.24, 2.45) is 18.4 Å². The van der Waals surface area contributed by atoms with Gasteiger partial charge in [-0.2, -0.15) is 20.4 Å². The molecule has 3 aliphatic heterocycles. The normalized spacial score (nSPS) is 14.6. The standard InChI is InChI=1S/C32H36N6O3.C29H35N5O3.C27H33N7O3.C26H32N6O2/c1-4-23-10-11-36(21-23)12-13-37(26-15-27(39-2)18-28(16-26)40-3)25-8-9-29-30(17-25)35-31(20-33-29)24-19-34-38(22-24)32-7-5-6-14-41-32;1-29(2,3)19-33(22-12-23(35-4)15-24(13-22)36-5)21-9-10-25-26(14-21)32-27(17-30-25)20-16-31-34(18-20)28-8-6-7-11-37-28;1-18(2)29-8-9-34(21-10-22(36-4)13-23(11-21)37-5)20-6-7-24-25(12-20)32-26(15-30-24)19-14-31-33(16-19)17-27(35)28-3;1-17(2)27-9-10-32(25-12-21(33-5)13-26(34-6)18(25)3)20-7-8-22-23(11-20)30-24(15-28-22)19-14-29-31(4)16-19/h1,8-9,15-20,22-23,32H,5-7,10-14,21H2,2-3H3;9-10,12-18,28H,6-8,11,19H2,1-5H3;6-7,10-16,18,29H,8-9,17H2,1-5H3,(H,28,35);7-8,11-17,27H,9-10H2,1-6H3/t23-,32?;;;/m0.../s1. The molecular weight excluding hydrogens is 1880 g/mol. The minimum Gasteiger partial charge on any atom is -0.497 e. The number of aryl methyl sites for hydroxylation is 1. The number of carbonyl (C=O) groups excluding carboxylic acids is 1. The van der Waals surface area contributed by atoms with Crippen LogP contribution in [0.4, 0.5) is 45.5 Å². The average Bonchev–Trinajstić information content (AvgIpc) is 1.03. The van der Waals surface area contributed by atoms with Gasteiger partial charge < -0.3 is 87.8 Å². The fourth-order valence-corrected chi connectivity index (χ4v) is 18.2. The third-order valence-electron chi connectivity index (χ3n) is 26.1. The highest BCUT2D eigenvalue weighted by Crippen LogP contribution is 2.43. The quantitative estimate of drug-likeness (QED) is 0.0307. The zero-order valence-corrected chi connectivity index (χ0v) is 88.5. The number of benzene rings is 8. The Kier molecular flexibility index (Phi) is 35.4. The number of nitrogens with zero attached hydrogens (tertiary/aromatic N) is 21. The van der Waals surface area contributed by atoms with Crippen LogP contribution < -0.4 is 73.4 Å². The molecule has 3 fully saturated rings. The van der Waals surface area contributed by atoms with E-state index >= 15 is 0 Å². The van der Waals surface area contributed by atoms with Crippen molar-refractivity contribution in [3.63, 3.8) is 0 Å². The van der Waals surface area contributed by atoms with E-state index in [0.717, 1.165) is 286 Å². The van der Waals surface area contributed by atoms with Gasteiger partial charge in [0.05, 0.1) is 179 Å². The van der Waals surface area contributed by atoms with Crippen molar-refractivity contribution in [2.75, 3.05) is 156 Å². The number of nitrogens with one attached hydrogen (secondary N) is 3. The number of likely N-dealkylation sites (N-methyl/N-ethyl adjacent to an activating group) is 1. The van der Waals surface area contributed by atoms with Gasteiger partial charge in [0.15, 0.2) is 0 Å². The first-order chi connectivity index (χ1) is 72.2. The Labute approximate surface area is 871 Å². The SMILES string of the molecule is C#C[C@H]1CCN(CCN(c2cc(OC)cc(OC)c2)c2ccc3ncc(-c4cnn(C5CCCCO5)c4)nc3c2)C1.CNC(=O)Cn1cc(-c2cnc3ccc(N(CCNC(C)C)c4cc(OC)cc(OC)c4)cc3n2)cn1.COc1cc(OC)c(C)c(N(CCNC(C)C)c2ccc3ncc(-c4cnn(C)c4)nc3c2)c1.COc1cc(OC)cc(N(CC(C)(C)C)c2ccc3ncc(-c4cnn(C5CCCCO5)c4)nc3c2)c1. The van der Waals surface area contributed by atoms with Crippen molar-refractivity contribution < 1.29 is 52.2 Å². The molecule has 3 saturated heterocycles. The number of fused-ring (bicyclic) bond motifs is 4. The maximum absolute atomic E-state index is 11.7. The number of ether oxygens (including phenoxy) is 10. The highest BCUT2D eigenvalue weighted by atomic mass is 16.5. The first kappa shape index (κ1) is 106. The summed E-state index contributed by atoms with van der Waals surface area (Å²) in [5.74, 6) is 9.05. The molecule has 3 N–H and O–H groups in total. The predicted octanol–water partition coefficient (Wildman–Crippen LogP) is 19.6. The number of likely N-dealkylation sites (tertiary alicyclic amines) is 1. The minimum absolute atomic E-state index is 0.00618. The molecule has 0 bridgehead atoms. The van der Waals surface area contributed by atoms with E-state index in [9.17, 15) is 4.79 Å². The summed E-state index contributed by atoms with van der Waals surface area (Å²) in [7, 11) is 16.8. The molecule has 0 aliphatic carbocycles. The topological polar surface area (TPSA) is 336 Å². The van der Waals surface area contributed by atoms with Crippen LogP contribution in [0.5, 0.6) is 46.0 Å². The van der Waals surface area contributed by atoms with Gasteiger partial charge in [0.2, 0.25) is 5.91 Å². The van der Waals surface area contributed by atoms with Gasteiger partial charge in [-0.05, 0) is 137 Å². The van der Waals surface area contributed by atoms with Gasteiger partial charge >= 0.3 is 0 Å². The first-order valence-corrected chi connectivity index (χ1v) is 50.5. The zero-order valence-electron chi connectivity index (χ0n) is 88.5. The van der Waals surface area contributed by atoms with Crippen LogP contribution in [0.15, 0.2) is 214 Å². The van der Waals surface area contributed by atoms with E-state index in [1.807, 2.05) is 157 Å². The van der Waals surface area contributed by atoms with Gasteiger partial charge in [-0.15, -0.1) is 12.3 Å². The summed E-state index contributed by atoms with van der Waals surface area (Å²) in [5, 5.41) is 27.3.